The molecule has 3 unspecified atom stereocenters. The quantitative estimate of drug-likeness (QED) is 0.660. The number of piperazine rings is 1. The third-order valence-electron chi connectivity index (χ3n) is 7.40. The number of fused-ring (bicyclic) bond motifs is 1. The summed E-state index contributed by atoms with van der Waals surface area (Å²) in [6.45, 7) is 4.03. The van der Waals surface area contributed by atoms with Crippen molar-refractivity contribution in [2.75, 3.05) is 14.1 Å². The lowest BCUT2D eigenvalue weighted by Gasteiger charge is -2.44. The smallest absolute Gasteiger partial charge is 0.251 e. The van der Waals surface area contributed by atoms with E-state index in [4.69, 9.17) is 4.42 Å². The highest BCUT2D eigenvalue weighted by atomic mass is 16.3. The summed E-state index contributed by atoms with van der Waals surface area (Å²) in [4.78, 5) is 48.8. The average molecular weight is 479 g/mol. The predicted octanol–water partition coefficient (Wildman–Crippen LogP) is 2.84. The van der Waals surface area contributed by atoms with E-state index in [0.29, 0.717) is 18.0 Å². The molecule has 186 valence electrons. The number of hydrogen-bond donors (Lipinski definition) is 1. The Morgan fingerprint density at radius 3 is 2.40 bits per heavy atom. The minimum atomic E-state index is -1.00. The second kappa shape index (κ2) is 9.13. The second-order valence-electron chi connectivity index (χ2n) is 10.8. The summed E-state index contributed by atoms with van der Waals surface area (Å²) in [5.74, 6) is 0.268. The molecule has 1 N–H and O–H groups in total. The Hall–Kier alpha value is -3.16. The van der Waals surface area contributed by atoms with Gasteiger partial charge in [0.15, 0.2) is 11.9 Å². The van der Waals surface area contributed by atoms with Crippen molar-refractivity contribution in [3.63, 3.8) is 0 Å². The number of hydrogen-bond acceptors (Lipinski definition) is 5. The number of benzene rings is 1. The lowest BCUT2D eigenvalue weighted by Crippen LogP contribution is -2.67. The molecule has 2 aliphatic carbocycles. The van der Waals surface area contributed by atoms with Crippen LogP contribution in [0.25, 0.3) is 0 Å². The fourth-order valence-corrected chi connectivity index (χ4v) is 5.45. The van der Waals surface area contributed by atoms with Crippen LogP contribution < -0.4 is 5.32 Å². The number of carbonyl (C=O) groups excluding carboxylic acids is 3. The molecular weight excluding hydrogens is 444 g/mol. The summed E-state index contributed by atoms with van der Waals surface area (Å²) in [5.41, 5.74) is 2.82. The van der Waals surface area contributed by atoms with E-state index in [-0.39, 0.29) is 35.5 Å². The SMILES string of the molecule is CC(C)CC1C(=O)NC(C2Cc3ccccc3C2)C(=O)N1C(C(=O)N(C)C)c1coc(C2CC2)n1. The topological polar surface area (TPSA) is 95.8 Å². The van der Waals surface area contributed by atoms with E-state index in [1.54, 1.807) is 14.1 Å². The van der Waals surface area contributed by atoms with Gasteiger partial charge >= 0.3 is 0 Å². The molecule has 8 nitrogen and oxygen atoms in total. The molecule has 3 aliphatic rings. The van der Waals surface area contributed by atoms with Gasteiger partial charge in [0.05, 0.1) is 0 Å². The molecule has 35 heavy (non-hydrogen) atoms. The number of oxazole rings is 1. The summed E-state index contributed by atoms with van der Waals surface area (Å²) >= 11 is 0. The maximum atomic E-state index is 14.2. The molecule has 2 heterocycles. The predicted molar refractivity (Wildman–Crippen MR) is 129 cm³/mol. The molecule has 0 spiro atoms. The molecule has 5 rings (SSSR count). The van der Waals surface area contributed by atoms with Crippen LogP contribution in [-0.4, -0.2) is 58.7 Å². The molecule has 2 aromatic rings. The highest BCUT2D eigenvalue weighted by Gasteiger charge is 2.50. The zero-order chi connectivity index (χ0) is 24.9. The largest absolute Gasteiger partial charge is 0.448 e. The van der Waals surface area contributed by atoms with Crippen LogP contribution >= 0.6 is 0 Å². The van der Waals surface area contributed by atoms with Gasteiger partial charge in [-0.2, -0.15) is 0 Å². The first-order valence-corrected chi connectivity index (χ1v) is 12.6. The number of amides is 3. The Balaban J connectivity index is 1.53. The van der Waals surface area contributed by atoms with Crippen LogP contribution in [0.2, 0.25) is 0 Å². The maximum absolute atomic E-state index is 14.2. The summed E-state index contributed by atoms with van der Waals surface area (Å²) in [6, 6.07) is 5.72. The van der Waals surface area contributed by atoms with Crippen molar-refractivity contribution in [3.05, 3.63) is 53.2 Å². The van der Waals surface area contributed by atoms with E-state index in [1.807, 2.05) is 26.0 Å². The van der Waals surface area contributed by atoms with Gasteiger partial charge in [-0.1, -0.05) is 38.1 Å². The van der Waals surface area contributed by atoms with Gasteiger partial charge < -0.3 is 19.5 Å². The third-order valence-corrected chi connectivity index (χ3v) is 7.40. The van der Waals surface area contributed by atoms with Crippen molar-refractivity contribution in [1.29, 1.82) is 0 Å². The summed E-state index contributed by atoms with van der Waals surface area (Å²) in [6.07, 6.45) is 5.41. The van der Waals surface area contributed by atoms with Gasteiger partial charge in [0.1, 0.15) is 24.0 Å². The van der Waals surface area contributed by atoms with Crippen LogP contribution in [0.1, 0.15) is 67.8 Å². The van der Waals surface area contributed by atoms with Crippen LogP contribution in [0.3, 0.4) is 0 Å². The van der Waals surface area contributed by atoms with Gasteiger partial charge in [-0.25, -0.2) is 4.98 Å². The number of nitrogens with one attached hydrogen (secondary N) is 1. The van der Waals surface area contributed by atoms with Crippen molar-refractivity contribution in [3.8, 4) is 0 Å². The molecular formula is C27H34N4O4. The van der Waals surface area contributed by atoms with Crippen molar-refractivity contribution in [2.45, 2.75) is 70.0 Å². The number of rotatable bonds is 7. The molecule has 1 aliphatic heterocycles. The Morgan fingerprint density at radius 1 is 1.17 bits per heavy atom. The summed E-state index contributed by atoms with van der Waals surface area (Å²) in [5, 5.41) is 3.04. The first-order chi connectivity index (χ1) is 16.7. The number of likely N-dealkylation sites (N-methyl/N-ethyl adjacent to an activating group) is 1. The van der Waals surface area contributed by atoms with Crippen LogP contribution in [0.4, 0.5) is 0 Å². The molecule has 3 atom stereocenters. The van der Waals surface area contributed by atoms with Gasteiger partial charge in [0, 0.05) is 20.0 Å². The normalized spacial score (nSPS) is 23.4. The molecule has 8 heteroatoms. The minimum absolute atomic E-state index is 0.0548. The average Bonchev–Trinajstić information content (AvgIpc) is 3.39. The maximum Gasteiger partial charge on any atom is 0.251 e. The van der Waals surface area contributed by atoms with E-state index in [2.05, 4.69) is 22.4 Å². The van der Waals surface area contributed by atoms with E-state index >= 15 is 0 Å². The standard InChI is InChI=1S/C27H34N4O4/c1-15(2)11-21-24(32)29-22(19-12-17-7-5-6-8-18(17)13-19)26(33)31(21)23(27(34)30(3)4)20-14-35-25(28-20)16-9-10-16/h5-8,14-16,19,21-23H,9-13H2,1-4H3,(H,29,32). The number of nitrogens with zero attached hydrogens (tertiary/aromatic N) is 3. The Labute approximate surface area is 206 Å². The monoisotopic (exact) mass is 478 g/mol. The Bertz CT molecular complexity index is 1110. The second-order valence-corrected chi connectivity index (χ2v) is 10.8. The summed E-state index contributed by atoms with van der Waals surface area (Å²) < 4.78 is 5.72. The van der Waals surface area contributed by atoms with Crippen LogP contribution in [-0.2, 0) is 27.2 Å². The van der Waals surface area contributed by atoms with Crippen LogP contribution in [0.5, 0.6) is 0 Å². The molecule has 1 saturated carbocycles. The lowest BCUT2D eigenvalue weighted by atomic mass is 9.88. The highest BCUT2D eigenvalue weighted by molar-refractivity contribution is 6.00. The van der Waals surface area contributed by atoms with E-state index in [9.17, 15) is 14.4 Å². The minimum Gasteiger partial charge on any atom is -0.448 e. The molecule has 1 saturated heterocycles. The van der Waals surface area contributed by atoms with Gasteiger partial charge in [-0.05, 0) is 55.1 Å². The lowest BCUT2D eigenvalue weighted by molar-refractivity contribution is -0.159. The van der Waals surface area contributed by atoms with E-state index in [0.717, 1.165) is 25.7 Å². The Morgan fingerprint density at radius 2 is 1.83 bits per heavy atom. The summed E-state index contributed by atoms with van der Waals surface area (Å²) in [7, 11) is 3.32. The Kier molecular flexibility index (Phi) is 6.15. The van der Waals surface area contributed by atoms with Crippen molar-refractivity contribution < 1.29 is 18.8 Å². The fourth-order valence-electron chi connectivity index (χ4n) is 5.45. The van der Waals surface area contributed by atoms with Gasteiger partial charge in [-0.15, -0.1) is 0 Å². The van der Waals surface area contributed by atoms with Crippen molar-refractivity contribution in [1.82, 2.24) is 20.1 Å². The van der Waals surface area contributed by atoms with Crippen LogP contribution in [0, 0.1) is 11.8 Å². The number of carbonyl (C=O) groups is 3. The zero-order valence-electron chi connectivity index (χ0n) is 20.9. The fraction of sp³-hybridized carbons (Fsp3) is 0.556. The van der Waals surface area contributed by atoms with Gasteiger partial charge in [0.25, 0.3) is 5.91 Å². The molecule has 2 fully saturated rings. The first-order valence-electron chi connectivity index (χ1n) is 12.6. The van der Waals surface area contributed by atoms with E-state index in [1.165, 1.54) is 27.2 Å². The first kappa shape index (κ1) is 23.6. The third kappa shape index (κ3) is 4.46. The molecule has 1 aromatic carbocycles. The van der Waals surface area contributed by atoms with Crippen molar-refractivity contribution in [2.24, 2.45) is 11.8 Å². The van der Waals surface area contributed by atoms with Crippen molar-refractivity contribution >= 4 is 17.7 Å². The molecule has 3 amide bonds. The van der Waals surface area contributed by atoms with Gasteiger partial charge in [-0.3, -0.25) is 14.4 Å². The molecule has 1 aromatic heterocycles. The van der Waals surface area contributed by atoms with Crippen LogP contribution in [0.15, 0.2) is 34.9 Å². The van der Waals surface area contributed by atoms with E-state index < -0.39 is 18.1 Å². The highest BCUT2D eigenvalue weighted by Crippen LogP contribution is 2.41. The number of aromatic nitrogens is 1. The molecule has 0 radical (unpaired) electrons. The molecule has 0 bridgehead atoms. The van der Waals surface area contributed by atoms with Gasteiger partial charge in [0.2, 0.25) is 11.8 Å². The zero-order valence-corrected chi connectivity index (χ0v) is 20.9.